The van der Waals surface area contributed by atoms with Crippen molar-refractivity contribution in [3.63, 3.8) is 0 Å². The third-order valence-electron chi connectivity index (χ3n) is 1.74. The summed E-state index contributed by atoms with van der Waals surface area (Å²) in [4.78, 5) is 0. The maximum atomic E-state index is 8.98. The molecule has 0 bridgehead atoms. The van der Waals surface area contributed by atoms with E-state index in [0.717, 1.165) is 0 Å². The minimum absolute atomic E-state index is 0.0415. The van der Waals surface area contributed by atoms with Crippen molar-refractivity contribution in [1.82, 2.24) is 0 Å². The van der Waals surface area contributed by atoms with Crippen LogP contribution in [-0.4, -0.2) is 18.8 Å². The Hall–Kier alpha value is -1.73. The zero-order valence-electron chi connectivity index (χ0n) is 7.86. The molecule has 0 aliphatic carbocycles. The monoisotopic (exact) mass is 193 g/mol. The van der Waals surface area contributed by atoms with E-state index in [4.69, 9.17) is 19.8 Å². The number of rotatable bonds is 4. The predicted octanol–water partition coefficient (Wildman–Crippen LogP) is 1.09. The first-order chi connectivity index (χ1) is 6.81. The Morgan fingerprint density at radius 2 is 2.29 bits per heavy atom. The molecule has 0 aliphatic heterocycles. The molecule has 14 heavy (non-hydrogen) atoms. The van der Waals surface area contributed by atoms with Crippen LogP contribution in [-0.2, 0) is 6.61 Å². The average molecular weight is 193 g/mol. The van der Waals surface area contributed by atoms with Crippen LogP contribution in [0.15, 0.2) is 18.2 Å². The van der Waals surface area contributed by atoms with Crippen LogP contribution < -0.4 is 9.47 Å². The lowest BCUT2D eigenvalue weighted by Gasteiger charge is -2.08. The van der Waals surface area contributed by atoms with Crippen molar-refractivity contribution in [2.24, 2.45) is 0 Å². The molecule has 1 N–H and O–H groups in total. The van der Waals surface area contributed by atoms with Crippen LogP contribution in [0.4, 0.5) is 0 Å². The smallest absolute Gasteiger partial charge is 0.174 e. The van der Waals surface area contributed by atoms with Crippen LogP contribution in [0, 0.1) is 11.3 Å². The minimum atomic E-state index is -0.120. The van der Waals surface area contributed by atoms with Crippen molar-refractivity contribution in [1.29, 1.82) is 5.26 Å². The fourth-order valence-electron chi connectivity index (χ4n) is 1.04. The molecule has 0 saturated heterocycles. The molecule has 1 aromatic rings. The molecular weight excluding hydrogens is 182 g/mol. The lowest BCUT2D eigenvalue weighted by Crippen LogP contribution is -1.98. The topological polar surface area (TPSA) is 62.5 Å². The van der Waals surface area contributed by atoms with Crippen molar-refractivity contribution in [3.05, 3.63) is 23.8 Å². The van der Waals surface area contributed by atoms with Gasteiger partial charge in [-0.25, -0.2) is 0 Å². The number of aliphatic hydroxyl groups excluding tert-OH is 1. The largest absolute Gasteiger partial charge is 0.497 e. The normalized spacial score (nSPS) is 9.21. The first-order valence-corrected chi connectivity index (χ1v) is 4.09. The number of hydrogen-bond donors (Lipinski definition) is 1. The highest BCUT2D eigenvalue weighted by Gasteiger charge is 2.04. The van der Waals surface area contributed by atoms with E-state index in [9.17, 15) is 0 Å². The van der Waals surface area contributed by atoms with Crippen molar-refractivity contribution in [2.75, 3.05) is 13.7 Å². The second kappa shape index (κ2) is 5.10. The van der Waals surface area contributed by atoms with Gasteiger partial charge in [0, 0.05) is 11.6 Å². The highest BCUT2D eigenvalue weighted by Crippen LogP contribution is 2.24. The standard InChI is InChI=1S/C10H11NO3/c1-13-9-3-2-8(7-12)10(6-9)14-5-4-11/h2-3,6,12H,5,7H2,1H3. The maximum absolute atomic E-state index is 8.98. The predicted molar refractivity (Wildman–Crippen MR) is 50.0 cm³/mol. The summed E-state index contributed by atoms with van der Waals surface area (Å²) < 4.78 is 10.1. The molecule has 0 aromatic heterocycles. The van der Waals surface area contributed by atoms with Crippen LogP contribution in [0.2, 0.25) is 0 Å². The number of nitriles is 1. The SMILES string of the molecule is COc1ccc(CO)c(OCC#N)c1. The summed E-state index contributed by atoms with van der Waals surface area (Å²) in [7, 11) is 1.54. The van der Waals surface area contributed by atoms with Gasteiger partial charge in [0.15, 0.2) is 6.61 Å². The second-order valence-corrected chi connectivity index (χ2v) is 2.58. The van der Waals surface area contributed by atoms with Crippen molar-refractivity contribution in [2.45, 2.75) is 6.61 Å². The van der Waals surface area contributed by atoms with E-state index in [1.165, 1.54) is 0 Å². The molecule has 0 unspecified atom stereocenters. The van der Waals surface area contributed by atoms with Crippen LogP contribution in [0.25, 0.3) is 0 Å². The van der Waals surface area contributed by atoms with Crippen LogP contribution in [0.3, 0.4) is 0 Å². The zero-order chi connectivity index (χ0) is 10.4. The van der Waals surface area contributed by atoms with Gasteiger partial charge in [-0.2, -0.15) is 5.26 Å². The van der Waals surface area contributed by atoms with Crippen LogP contribution in [0.1, 0.15) is 5.56 Å². The Bertz CT molecular complexity index is 344. The number of aliphatic hydroxyl groups is 1. The van der Waals surface area contributed by atoms with E-state index in [0.29, 0.717) is 17.1 Å². The van der Waals surface area contributed by atoms with E-state index in [1.54, 1.807) is 25.3 Å². The molecule has 74 valence electrons. The molecule has 0 heterocycles. The Morgan fingerprint density at radius 3 is 2.86 bits per heavy atom. The van der Waals surface area contributed by atoms with Gasteiger partial charge < -0.3 is 14.6 Å². The van der Waals surface area contributed by atoms with E-state index < -0.39 is 0 Å². The van der Waals surface area contributed by atoms with E-state index in [-0.39, 0.29) is 13.2 Å². The average Bonchev–Trinajstić information content (AvgIpc) is 2.25. The Balaban J connectivity index is 2.91. The van der Waals surface area contributed by atoms with Gasteiger partial charge in [-0.3, -0.25) is 0 Å². The van der Waals surface area contributed by atoms with Gasteiger partial charge in [0.05, 0.1) is 13.7 Å². The fourth-order valence-corrected chi connectivity index (χ4v) is 1.04. The molecule has 0 spiro atoms. The van der Waals surface area contributed by atoms with Gasteiger partial charge in [0.1, 0.15) is 17.6 Å². The number of ether oxygens (including phenoxy) is 2. The van der Waals surface area contributed by atoms with Crippen molar-refractivity contribution >= 4 is 0 Å². The Labute approximate surface area is 82.3 Å². The molecule has 1 aromatic carbocycles. The summed E-state index contributed by atoms with van der Waals surface area (Å²) >= 11 is 0. The molecule has 4 nitrogen and oxygen atoms in total. The lowest BCUT2D eigenvalue weighted by molar-refractivity contribution is 0.269. The van der Waals surface area contributed by atoms with E-state index in [1.807, 2.05) is 6.07 Å². The van der Waals surface area contributed by atoms with Gasteiger partial charge in [0.25, 0.3) is 0 Å². The Morgan fingerprint density at radius 1 is 1.50 bits per heavy atom. The summed E-state index contributed by atoms with van der Waals surface area (Å²) in [6, 6.07) is 6.93. The van der Waals surface area contributed by atoms with Gasteiger partial charge >= 0.3 is 0 Å². The van der Waals surface area contributed by atoms with Gasteiger partial charge in [-0.15, -0.1) is 0 Å². The number of methoxy groups -OCH3 is 1. The third-order valence-corrected chi connectivity index (χ3v) is 1.74. The molecular formula is C10H11NO3. The maximum Gasteiger partial charge on any atom is 0.174 e. The number of benzene rings is 1. The number of hydrogen-bond acceptors (Lipinski definition) is 4. The molecule has 0 amide bonds. The zero-order valence-corrected chi connectivity index (χ0v) is 7.86. The fraction of sp³-hybridized carbons (Fsp3) is 0.300. The lowest BCUT2D eigenvalue weighted by atomic mass is 10.2. The molecule has 0 radical (unpaired) electrons. The van der Waals surface area contributed by atoms with Gasteiger partial charge in [-0.1, -0.05) is 0 Å². The molecule has 0 atom stereocenters. The molecule has 0 fully saturated rings. The molecule has 4 heteroatoms. The highest BCUT2D eigenvalue weighted by atomic mass is 16.5. The van der Waals surface area contributed by atoms with Crippen molar-refractivity contribution in [3.8, 4) is 17.6 Å². The third kappa shape index (κ3) is 2.38. The molecule has 1 rings (SSSR count). The molecule has 0 saturated carbocycles. The first-order valence-electron chi connectivity index (χ1n) is 4.09. The summed E-state index contributed by atoms with van der Waals surface area (Å²) in [5, 5.41) is 17.3. The van der Waals surface area contributed by atoms with Crippen LogP contribution >= 0.6 is 0 Å². The van der Waals surface area contributed by atoms with Gasteiger partial charge in [-0.05, 0) is 12.1 Å². The highest BCUT2D eigenvalue weighted by molar-refractivity contribution is 5.40. The summed E-state index contributed by atoms with van der Waals surface area (Å²) in [6.07, 6.45) is 0. The van der Waals surface area contributed by atoms with Crippen LogP contribution in [0.5, 0.6) is 11.5 Å². The number of nitrogens with zero attached hydrogens (tertiary/aromatic N) is 1. The quantitative estimate of drug-likeness (QED) is 0.777. The second-order valence-electron chi connectivity index (χ2n) is 2.58. The summed E-state index contributed by atoms with van der Waals surface area (Å²) in [5.74, 6) is 1.11. The van der Waals surface area contributed by atoms with Crippen molar-refractivity contribution < 1.29 is 14.6 Å². The summed E-state index contributed by atoms with van der Waals surface area (Å²) in [5.41, 5.74) is 0.640. The molecule has 0 aliphatic rings. The first kappa shape index (κ1) is 10.4. The minimum Gasteiger partial charge on any atom is -0.497 e. The van der Waals surface area contributed by atoms with Gasteiger partial charge in [0.2, 0.25) is 0 Å². The van der Waals surface area contributed by atoms with E-state index in [2.05, 4.69) is 0 Å². The Kier molecular flexibility index (Phi) is 3.77. The summed E-state index contributed by atoms with van der Waals surface area (Å²) in [6.45, 7) is -0.162. The van der Waals surface area contributed by atoms with E-state index >= 15 is 0 Å².